The van der Waals surface area contributed by atoms with Crippen LogP contribution in [0.25, 0.3) is 5.52 Å². The normalized spacial score (nSPS) is 24.9. The Kier molecular flexibility index (Phi) is 3.01. The molecule has 2 fully saturated rings. The van der Waals surface area contributed by atoms with E-state index in [2.05, 4.69) is 27.1 Å². The Morgan fingerprint density at radius 1 is 1.50 bits per heavy atom. The summed E-state index contributed by atoms with van der Waals surface area (Å²) in [5, 5.41) is 13.5. The van der Waals surface area contributed by atoms with Crippen molar-refractivity contribution in [1.29, 1.82) is 5.26 Å². The second-order valence-corrected chi connectivity index (χ2v) is 7.09. The Morgan fingerprint density at radius 2 is 2.32 bits per heavy atom. The molecule has 4 rings (SSSR count). The number of carbonyl (C=O) groups is 1. The molecule has 0 radical (unpaired) electrons. The van der Waals surface area contributed by atoms with E-state index in [1.807, 2.05) is 23.2 Å². The number of fused-ring (bicyclic) bond motifs is 1. The van der Waals surface area contributed by atoms with Gasteiger partial charge in [0.2, 0.25) is 5.91 Å². The van der Waals surface area contributed by atoms with Gasteiger partial charge in [0.1, 0.15) is 0 Å². The summed E-state index contributed by atoms with van der Waals surface area (Å²) in [4.78, 5) is 14.9. The van der Waals surface area contributed by atoms with E-state index in [4.69, 9.17) is 0 Å². The molecule has 2 aliphatic rings. The summed E-state index contributed by atoms with van der Waals surface area (Å²) in [7, 11) is 0. The van der Waals surface area contributed by atoms with E-state index in [0.717, 1.165) is 34.9 Å². The van der Waals surface area contributed by atoms with Crippen molar-refractivity contribution in [2.75, 3.05) is 11.4 Å². The summed E-state index contributed by atoms with van der Waals surface area (Å²) in [6.45, 7) is 0.680. The summed E-state index contributed by atoms with van der Waals surface area (Å²) >= 11 is 3.46. The molecular formula is C16H15BrN4O. The van der Waals surface area contributed by atoms with Crippen LogP contribution in [0, 0.1) is 22.7 Å². The smallest absolute Gasteiger partial charge is 0.234 e. The number of aromatic nitrogens is 2. The highest BCUT2D eigenvalue weighted by atomic mass is 79.9. The molecule has 2 aromatic heterocycles. The van der Waals surface area contributed by atoms with Crippen LogP contribution >= 0.6 is 15.9 Å². The summed E-state index contributed by atoms with van der Waals surface area (Å²) in [5.41, 5.74) is 1.33. The number of amides is 1. The molecule has 0 aromatic carbocycles. The van der Waals surface area contributed by atoms with Crippen LogP contribution in [0.5, 0.6) is 0 Å². The minimum atomic E-state index is -0.459. The highest BCUT2D eigenvalue weighted by molar-refractivity contribution is 9.10. The molecule has 0 N–H and O–H groups in total. The van der Waals surface area contributed by atoms with Crippen LogP contribution in [-0.4, -0.2) is 22.1 Å². The molecule has 3 heterocycles. The van der Waals surface area contributed by atoms with Crippen molar-refractivity contribution in [2.24, 2.45) is 11.3 Å². The van der Waals surface area contributed by atoms with Crippen molar-refractivity contribution in [3.8, 4) is 6.07 Å². The van der Waals surface area contributed by atoms with Gasteiger partial charge in [0.15, 0.2) is 0 Å². The van der Waals surface area contributed by atoms with Crippen molar-refractivity contribution < 1.29 is 4.79 Å². The number of halogens is 1. The monoisotopic (exact) mass is 358 g/mol. The van der Waals surface area contributed by atoms with E-state index >= 15 is 0 Å². The van der Waals surface area contributed by atoms with Gasteiger partial charge >= 0.3 is 0 Å². The van der Waals surface area contributed by atoms with Crippen LogP contribution in [0.4, 0.5) is 5.69 Å². The predicted octanol–water partition coefficient (Wildman–Crippen LogP) is 3.14. The predicted molar refractivity (Wildman–Crippen MR) is 85.2 cm³/mol. The molecule has 5 nitrogen and oxygen atoms in total. The first-order valence-corrected chi connectivity index (χ1v) is 8.27. The lowest BCUT2D eigenvalue weighted by atomic mass is 9.78. The van der Waals surface area contributed by atoms with Crippen molar-refractivity contribution in [2.45, 2.75) is 25.7 Å². The van der Waals surface area contributed by atoms with Crippen LogP contribution < -0.4 is 4.90 Å². The Morgan fingerprint density at radius 3 is 3.05 bits per heavy atom. The highest BCUT2D eigenvalue weighted by Crippen LogP contribution is 2.54. The highest BCUT2D eigenvalue weighted by Gasteiger charge is 2.56. The van der Waals surface area contributed by atoms with Crippen molar-refractivity contribution >= 4 is 33.0 Å². The van der Waals surface area contributed by atoms with Gasteiger partial charge in [-0.1, -0.05) is 0 Å². The quantitative estimate of drug-likeness (QED) is 0.846. The zero-order valence-corrected chi connectivity index (χ0v) is 13.6. The van der Waals surface area contributed by atoms with Gasteiger partial charge in [-0.05, 0) is 53.2 Å². The fourth-order valence-corrected chi connectivity index (χ4v) is 4.09. The third-order valence-corrected chi connectivity index (χ3v) is 5.38. The van der Waals surface area contributed by atoms with Crippen LogP contribution in [-0.2, 0) is 4.79 Å². The molecule has 1 aliphatic carbocycles. The first-order valence-electron chi connectivity index (χ1n) is 7.47. The number of nitrogens with zero attached hydrogens (tertiary/aromatic N) is 4. The lowest BCUT2D eigenvalue weighted by Gasteiger charge is -2.25. The molecule has 1 atom stereocenters. The van der Waals surface area contributed by atoms with Crippen molar-refractivity contribution in [1.82, 2.24) is 9.61 Å². The zero-order valence-electron chi connectivity index (χ0n) is 12.0. The molecule has 112 valence electrons. The standard InChI is InChI=1S/C16H15BrN4O/c17-12-9-14-13(3-7-19-21(14)10-12)20-8-5-16(4-6-18,15(20)22)11-1-2-11/h3,7,9-11H,1-2,4-5,8H2/t16-/m0/s1. The Balaban J connectivity index is 1.77. The molecule has 0 bridgehead atoms. The third-order valence-electron chi connectivity index (χ3n) is 4.95. The summed E-state index contributed by atoms with van der Waals surface area (Å²) in [6, 6.07) is 6.10. The maximum atomic E-state index is 13.1. The molecule has 22 heavy (non-hydrogen) atoms. The van der Waals surface area contributed by atoms with Crippen LogP contribution in [0.3, 0.4) is 0 Å². The fourth-order valence-electron chi connectivity index (χ4n) is 3.68. The molecule has 1 amide bonds. The van der Waals surface area contributed by atoms with Gasteiger partial charge in [-0.15, -0.1) is 0 Å². The fraction of sp³-hybridized carbons (Fsp3) is 0.438. The molecule has 1 saturated heterocycles. The SMILES string of the molecule is N#CC[C@@]1(C2CC2)CCN(c2ccnn3cc(Br)cc23)C1=O. The molecule has 2 aromatic rings. The van der Waals surface area contributed by atoms with E-state index in [1.54, 1.807) is 10.7 Å². The van der Waals surface area contributed by atoms with Crippen LogP contribution in [0.15, 0.2) is 29.0 Å². The first kappa shape index (κ1) is 13.8. The van der Waals surface area contributed by atoms with Gasteiger partial charge in [0.25, 0.3) is 0 Å². The Hall–Kier alpha value is -1.87. The summed E-state index contributed by atoms with van der Waals surface area (Å²) < 4.78 is 2.71. The molecule has 0 unspecified atom stereocenters. The number of anilines is 1. The second-order valence-electron chi connectivity index (χ2n) is 6.18. The third kappa shape index (κ3) is 1.88. The van der Waals surface area contributed by atoms with E-state index < -0.39 is 5.41 Å². The number of hydrogen-bond acceptors (Lipinski definition) is 3. The van der Waals surface area contributed by atoms with Crippen LogP contribution in [0.2, 0.25) is 0 Å². The first-order chi connectivity index (χ1) is 10.7. The Bertz CT molecular complexity index is 804. The maximum Gasteiger partial charge on any atom is 0.234 e. The molecule has 1 aliphatic heterocycles. The average Bonchev–Trinajstić information content (AvgIpc) is 3.21. The van der Waals surface area contributed by atoms with E-state index in [1.165, 1.54) is 0 Å². The number of nitriles is 1. The zero-order chi connectivity index (χ0) is 15.3. The molecular weight excluding hydrogens is 344 g/mol. The van der Waals surface area contributed by atoms with Gasteiger partial charge < -0.3 is 4.90 Å². The van der Waals surface area contributed by atoms with Gasteiger partial charge in [-0.3, -0.25) is 4.79 Å². The summed E-state index contributed by atoms with van der Waals surface area (Å²) in [5.74, 6) is 0.503. The number of rotatable bonds is 3. The van der Waals surface area contributed by atoms with Gasteiger partial charge in [0, 0.05) is 29.8 Å². The minimum absolute atomic E-state index is 0.113. The van der Waals surface area contributed by atoms with E-state index in [0.29, 0.717) is 18.9 Å². The maximum absolute atomic E-state index is 13.1. The van der Waals surface area contributed by atoms with Crippen molar-refractivity contribution in [3.05, 3.63) is 29.0 Å². The lowest BCUT2D eigenvalue weighted by molar-refractivity contribution is -0.126. The number of hydrogen-bond donors (Lipinski definition) is 0. The van der Waals surface area contributed by atoms with Gasteiger partial charge in [0.05, 0.1) is 22.7 Å². The largest absolute Gasteiger partial charge is 0.310 e. The topological polar surface area (TPSA) is 61.4 Å². The van der Waals surface area contributed by atoms with Gasteiger partial charge in [-0.25, -0.2) is 4.52 Å². The Labute approximate surface area is 136 Å². The summed E-state index contributed by atoms with van der Waals surface area (Å²) in [6.07, 6.45) is 6.85. The average molecular weight is 359 g/mol. The van der Waals surface area contributed by atoms with E-state index in [-0.39, 0.29) is 5.91 Å². The molecule has 0 spiro atoms. The van der Waals surface area contributed by atoms with Crippen molar-refractivity contribution in [3.63, 3.8) is 0 Å². The molecule has 6 heteroatoms. The van der Waals surface area contributed by atoms with E-state index in [9.17, 15) is 10.1 Å². The number of carbonyl (C=O) groups excluding carboxylic acids is 1. The second kappa shape index (κ2) is 4.82. The van der Waals surface area contributed by atoms with Gasteiger partial charge in [-0.2, -0.15) is 10.4 Å². The lowest BCUT2D eigenvalue weighted by Crippen LogP contribution is -2.36. The van der Waals surface area contributed by atoms with Crippen LogP contribution in [0.1, 0.15) is 25.7 Å². The minimum Gasteiger partial charge on any atom is -0.310 e. The molecule has 1 saturated carbocycles.